The van der Waals surface area contributed by atoms with Crippen LogP contribution < -0.4 is 5.32 Å². The Labute approximate surface area is 68.2 Å². The van der Waals surface area contributed by atoms with Crippen molar-refractivity contribution in [1.29, 1.82) is 0 Å². The minimum atomic E-state index is 0.290. The number of methoxy groups -OCH3 is 1. The second kappa shape index (κ2) is 5.92. The summed E-state index contributed by atoms with van der Waals surface area (Å²) in [6.07, 6.45) is 0.988. The molecule has 1 unspecified atom stereocenters. The molecule has 0 aromatic rings. The predicted molar refractivity (Wildman–Crippen MR) is 47.8 cm³/mol. The average Bonchev–Trinajstić information content (AvgIpc) is 2.03. The first kappa shape index (κ1) is 10.2. The zero-order valence-corrected chi connectivity index (χ0v) is 7.26. The molecule has 1 N–H and O–H groups in total. The Kier molecular flexibility index (Phi) is 5.47. The molecule has 0 heterocycles. The van der Waals surface area contributed by atoms with Gasteiger partial charge in [-0.3, -0.25) is 0 Å². The highest BCUT2D eigenvalue weighted by Gasteiger charge is 2.03. The van der Waals surface area contributed by atoms with Crippen LogP contribution in [0.4, 0.5) is 0 Å². The maximum atomic E-state index is 4.97. The van der Waals surface area contributed by atoms with Crippen molar-refractivity contribution in [3.8, 4) is 0 Å². The molecule has 0 aromatic carbocycles. The van der Waals surface area contributed by atoms with E-state index in [1.807, 2.05) is 0 Å². The van der Waals surface area contributed by atoms with Gasteiger partial charge in [0.2, 0.25) is 0 Å². The number of ether oxygens (including phenoxy) is 1. The van der Waals surface area contributed by atoms with Crippen LogP contribution in [-0.4, -0.2) is 26.5 Å². The van der Waals surface area contributed by atoms with Gasteiger partial charge in [0, 0.05) is 7.11 Å². The maximum absolute atomic E-state index is 4.97. The first-order valence-electron chi connectivity index (χ1n) is 3.65. The van der Waals surface area contributed by atoms with Crippen molar-refractivity contribution in [2.24, 2.45) is 4.99 Å². The molecular weight excluding hydrogens is 140 g/mol. The molecule has 0 radical (unpaired) electrons. The van der Waals surface area contributed by atoms with Gasteiger partial charge < -0.3 is 10.1 Å². The number of nitrogens with one attached hydrogen (secondary N) is 1. The molecule has 0 saturated heterocycles. The van der Waals surface area contributed by atoms with Crippen molar-refractivity contribution >= 4 is 6.72 Å². The van der Waals surface area contributed by atoms with Gasteiger partial charge in [0.15, 0.2) is 0 Å². The van der Waals surface area contributed by atoms with Gasteiger partial charge in [-0.1, -0.05) is 13.5 Å². The Hall–Kier alpha value is -0.830. The van der Waals surface area contributed by atoms with E-state index in [4.69, 9.17) is 4.74 Å². The van der Waals surface area contributed by atoms with Crippen LogP contribution in [-0.2, 0) is 4.74 Å². The second-order valence-corrected chi connectivity index (χ2v) is 2.31. The minimum Gasteiger partial charge on any atom is -0.383 e. The van der Waals surface area contributed by atoms with Crippen molar-refractivity contribution in [2.45, 2.75) is 19.4 Å². The molecule has 0 aromatic heterocycles. The molecule has 0 amide bonds. The van der Waals surface area contributed by atoms with Crippen LogP contribution in [0.1, 0.15) is 13.3 Å². The molecule has 0 fully saturated rings. The van der Waals surface area contributed by atoms with Crippen molar-refractivity contribution in [3.05, 3.63) is 12.4 Å². The molecule has 0 aliphatic carbocycles. The topological polar surface area (TPSA) is 33.6 Å². The van der Waals surface area contributed by atoms with Gasteiger partial charge in [-0.25, -0.2) is 4.99 Å². The summed E-state index contributed by atoms with van der Waals surface area (Å²) in [6.45, 7) is 9.75. The predicted octanol–water partition coefficient (Wildman–Crippen LogP) is 1.17. The minimum absolute atomic E-state index is 0.290. The highest BCUT2D eigenvalue weighted by molar-refractivity contribution is 5.27. The highest BCUT2D eigenvalue weighted by Crippen LogP contribution is 1.95. The van der Waals surface area contributed by atoms with Crippen LogP contribution in [0.3, 0.4) is 0 Å². The third-order valence-electron chi connectivity index (χ3n) is 1.42. The van der Waals surface area contributed by atoms with Crippen molar-refractivity contribution in [1.82, 2.24) is 5.32 Å². The zero-order chi connectivity index (χ0) is 8.69. The SMILES string of the molecule is C=NC(=C)NC(CC)COC. The van der Waals surface area contributed by atoms with E-state index in [2.05, 4.69) is 30.5 Å². The highest BCUT2D eigenvalue weighted by atomic mass is 16.5. The van der Waals surface area contributed by atoms with E-state index in [1.165, 1.54) is 0 Å². The Morgan fingerprint density at radius 2 is 2.36 bits per heavy atom. The van der Waals surface area contributed by atoms with E-state index in [1.54, 1.807) is 7.11 Å². The van der Waals surface area contributed by atoms with Gasteiger partial charge in [-0.15, -0.1) is 0 Å². The standard InChI is InChI=1S/C8H16N2O/c1-5-8(6-11-4)10-7(2)9-3/h8,10H,2-3,5-6H2,1,4H3. The van der Waals surface area contributed by atoms with Crippen molar-refractivity contribution in [2.75, 3.05) is 13.7 Å². The molecule has 11 heavy (non-hydrogen) atoms. The van der Waals surface area contributed by atoms with Gasteiger partial charge in [0.1, 0.15) is 5.82 Å². The third kappa shape index (κ3) is 4.56. The molecule has 3 heteroatoms. The van der Waals surface area contributed by atoms with Gasteiger partial charge in [0.25, 0.3) is 0 Å². The van der Waals surface area contributed by atoms with Gasteiger partial charge in [0.05, 0.1) is 12.6 Å². The number of aliphatic imine (C=N–C) groups is 1. The zero-order valence-electron chi connectivity index (χ0n) is 7.26. The molecule has 0 aliphatic heterocycles. The van der Waals surface area contributed by atoms with Crippen molar-refractivity contribution < 1.29 is 4.74 Å². The lowest BCUT2D eigenvalue weighted by Crippen LogP contribution is -2.30. The molecular formula is C8H16N2O. The fourth-order valence-corrected chi connectivity index (χ4v) is 0.744. The van der Waals surface area contributed by atoms with E-state index in [0.717, 1.165) is 6.42 Å². The first-order chi connectivity index (χ1) is 5.24. The fourth-order valence-electron chi connectivity index (χ4n) is 0.744. The summed E-state index contributed by atoms with van der Waals surface area (Å²) in [4.78, 5) is 3.65. The van der Waals surface area contributed by atoms with E-state index >= 15 is 0 Å². The summed E-state index contributed by atoms with van der Waals surface area (Å²) in [5.74, 6) is 0.605. The van der Waals surface area contributed by atoms with E-state index in [-0.39, 0.29) is 6.04 Å². The van der Waals surface area contributed by atoms with Crippen LogP contribution in [0.5, 0.6) is 0 Å². The summed E-state index contributed by atoms with van der Waals surface area (Å²) in [6, 6.07) is 0.290. The Morgan fingerprint density at radius 1 is 1.73 bits per heavy atom. The maximum Gasteiger partial charge on any atom is 0.118 e. The molecule has 0 saturated carbocycles. The quantitative estimate of drug-likeness (QED) is 0.586. The van der Waals surface area contributed by atoms with Crippen LogP contribution in [0.25, 0.3) is 0 Å². The number of hydrogen-bond acceptors (Lipinski definition) is 3. The summed E-state index contributed by atoms with van der Waals surface area (Å²) >= 11 is 0. The molecule has 3 nitrogen and oxygen atoms in total. The Bertz CT molecular complexity index is 134. The first-order valence-corrected chi connectivity index (χ1v) is 3.65. The summed E-state index contributed by atoms with van der Waals surface area (Å²) < 4.78 is 4.97. The molecule has 64 valence electrons. The Balaban J connectivity index is 3.67. The average molecular weight is 156 g/mol. The van der Waals surface area contributed by atoms with Gasteiger partial charge >= 0.3 is 0 Å². The Morgan fingerprint density at radius 3 is 2.73 bits per heavy atom. The third-order valence-corrected chi connectivity index (χ3v) is 1.42. The smallest absolute Gasteiger partial charge is 0.118 e. The van der Waals surface area contributed by atoms with Crippen LogP contribution in [0.15, 0.2) is 17.4 Å². The molecule has 0 bridgehead atoms. The van der Waals surface area contributed by atoms with E-state index in [9.17, 15) is 0 Å². The lowest BCUT2D eigenvalue weighted by molar-refractivity contribution is 0.168. The molecule has 1 atom stereocenters. The van der Waals surface area contributed by atoms with E-state index in [0.29, 0.717) is 12.4 Å². The lowest BCUT2D eigenvalue weighted by atomic mass is 10.2. The van der Waals surface area contributed by atoms with Gasteiger partial charge in [-0.05, 0) is 13.1 Å². The van der Waals surface area contributed by atoms with Crippen LogP contribution in [0, 0.1) is 0 Å². The summed E-state index contributed by atoms with van der Waals surface area (Å²) in [7, 11) is 1.68. The monoisotopic (exact) mass is 156 g/mol. The fraction of sp³-hybridized carbons (Fsp3) is 0.625. The number of nitrogens with zero attached hydrogens (tertiary/aromatic N) is 1. The van der Waals surface area contributed by atoms with Crippen LogP contribution >= 0.6 is 0 Å². The summed E-state index contributed by atoms with van der Waals surface area (Å²) in [5.41, 5.74) is 0. The summed E-state index contributed by atoms with van der Waals surface area (Å²) in [5, 5.41) is 3.07. The largest absolute Gasteiger partial charge is 0.383 e. The number of rotatable bonds is 6. The van der Waals surface area contributed by atoms with Crippen LogP contribution in [0.2, 0.25) is 0 Å². The normalized spacial score (nSPS) is 12.2. The molecule has 0 rings (SSSR count). The van der Waals surface area contributed by atoms with Crippen molar-refractivity contribution in [3.63, 3.8) is 0 Å². The molecule has 0 spiro atoms. The molecule has 0 aliphatic rings. The lowest BCUT2D eigenvalue weighted by Gasteiger charge is -2.15. The van der Waals surface area contributed by atoms with E-state index < -0.39 is 0 Å². The number of hydrogen-bond donors (Lipinski definition) is 1. The van der Waals surface area contributed by atoms with Gasteiger partial charge in [-0.2, -0.15) is 0 Å². The second-order valence-electron chi connectivity index (χ2n) is 2.31.